The first kappa shape index (κ1) is 30.6. The van der Waals surface area contributed by atoms with Gasteiger partial charge in [-0.2, -0.15) is 15.2 Å². The third-order valence-electron chi connectivity index (χ3n) is 8.03. The molecule has 0 radical (unpaired) electrons. The monoisotopic (exact) mass is 651 g/mol. The molecular formula is C30H28ClF2N9O2S. The average Bonchev–Trinajstić information content (AvgIpc) is 3.62. The Morgan fingerprint density at radius 1 is 1.16 bits per heavy atom. The first-order valence-corrected chi connectivity index (χ1v) is 15.0. The van der Waals surface area contributed by atoms with Gasteiger partial charge >= 0.3 is 6.01 Å². The summed E-state index contributed by atoms with van der Waals surface area (Å²) in [5, 5.41) is 10.4. The Morgan fingerprint density at radius 3 is 2.62 bits per heavy atom. The van der Waals surface area contributed by atoms with Gasteiger partial charge in [-0.25, -0.2) is 13.8 Å². The number of nitrogens with two attached hydrogens (primary N) is 2. The third kappa shape index (κ3) is 5.21. The van der Waals surface area contributed by atoms with Crippen LogP contribution in [0.2, 0.25) is 5.02 Å². The van der Waals surface area contributed by atoms with E-state index in [1.165, 1.54) is 30.6 Å². The standard InChI is InChI=1S/C30H28ClF2N9O2S/c1-13(24-27(35)38-8-7-37-24)42(4)29-15-9-17(31)22(14-5-6-18(32)26-21(14)16(10-34)28(36)45-26)23(33)25(15)39-30(40-29)44-20-12-43-11-19(20)41(2)3/h5-9,13,19-20H,11-12,36H2,1-4H3,(H2,35,38)/t13-,19-,20+/m1/s1. The van der Waals surface area contributed by atoms with Crippen molar-refractivity contribution in [2.75, 3.05) is 50.7 Å². The second kappa shape index (κ2) is 11.8. The van der Waals surface area contributed by atoms with Crippen molar-refractivity contribution in [2.24, 2.45) is 0 Å². The summed E-state index contributed by atoms with van der Waals surface area (Å²) in [4.78, 5) is 21.5. The molecule has 4 N–H and O–H groups in total. The molecule has 4 heterocycles. The number of ether oxygens (including phenoxy) is 2. The normalized spacial score (nSPS) is 17.2. The van der Waals surface area contributed by atoms with Gasteiger partial charge in [0.15, 0.2) is 5.82 Å². The molecule has 0 unspecified atom stereocenters. The minimum atomic E-state index is -0.806. The summed E-state index contributed by atoms with van der Waals surface area (Å²) in [7, 11) is 5.57. The smallest absolute Gasteiger partial charge is 0.319 e. The highest BCUT2D eigenvalue weighted by Gasteiger charge is 2.34. The Hall–Kier alpha value is -4.42. The maximum absolute atomic E-state index is 16.9. The zero-order valence-electron chi connectivity index (χ0n) is 24.7. The SMILES string of the molecule is C[C@H](c1nccnc1N)N(C)c1nc(O[C@H]2COC[C@H]2N(C)C)nc2c(F)c(-c3ccc(F)c4sc(N)c(C#N)c34)c(Cl)cc12. The first-order valence-electron chi connectivity index (χ1n) is 13.8. The molecule has 45 heavy (non-hydrogen) atoms. The van der Waals surface area contributed by atoms with Crippen molar-refractivity contribution in [3.8, 4) is 23.2 Å². The van der Waals surface area contributed by atoms with Gasteiger partial charge in [0.05, 0.1) is 40.6 Å². The number of anilines is 3. The van der Waals surface area contributed by atoms with Gasteiger partial charge in [-0.05, 0) is 38.7 Å². The lowest BCUT2D eigenvalue weighted by molar-refractivity contribution is 0.117. The van der Waals surface area contributed by atoms with Crippen LogP contribution in [0, 0.1) is 23.0 Å². The van der Waals surface area contributed by atoms with E-state index in [1.807, 2.05) is 32.0 Å². The number of fused-ring (bicyclic) bond motifs is 2. The highest BCUT2D eigenvalue weighted by Crippen LogP contribution is 2.46. The zero-order valence-corrected chi connectivity index (χ0v) is 26.2. The van der Waals surface area contributed by atoms with Gasteiger partial charge in [0, 0.05) is 35.8 Å². The molecule has 0 spiro atoms. The van der Waals surface area contributed by atoms with Crippen LogP contribution in [-0.4, -0.2) is 71.3 Å². The Kier molecular flexibility index (Phi) is 8.04. The van der Waals surface area contributed by atoms with Gasteiger partial charge in [0.25, 0.3) is 0 Å². The van der Waals surface area contributed by atoms with E-state index in [-0.39, 0.29) is 65.6 Å². The zero-order chi connectivity index (χ0) is 32.2. The lowest BCUT2D eigenvalue weighted by Crippen LogP contribution is -2.41. The Morgan fingerprint density at radius 2 is 1.91 bits per heavy atom. The first-order chi connectivity index (χ1) is 21.5. The molecule has 11 nitrogen and oxygen atoms in total. The molecule has 1 fully saturated rings. The van der Waals surface area contributed by atoms with Crippen LogP contribution in [0.3, 0.4) is 0 Å². The van der Waals surface area contributed by atoms with Gasteiger partial charge < -0.3 is 30.7 Å². The molecule has 1 aliphatic rings. The minimum Gasteiger partial charge on any atom is -0.456 e. The van der Waals surface area contributed by atoms with Crippen LogP contribution in [-0.2, 0) is 4.74 Å². The van der Waals surface area contributed by atoms with Crippen LogP contribution in [0.15, 0.2) is 30.6 Å². The summed E-state index contributed by atoms with van der Waals surface area (Å²) in [6, 6.07) is 5.49. The van der Waals surface area contributed by atoms with Crippen LogP contribution < -0.4 is 21.1 Å². The number of nitrogens with zero attached hydrogens (tertiary/aromatic N) is 7. The van der Waals surface area contributed by atoms with Gasteiger partial charge in [-0.3, -0.25) is 4.98 Å². The number of likely N-dealkylation sites (N-methyl/N-ethyl adjacent to an activating group) is 1. The number of benzene rings is 2. The van der Waals surface area contributed by atoms with E-state index in [1.54, 1.807) is 11.9 Å². The van der Waals surface area contributed by atoms with E-state index in [4.69, 9.17) is 37.5 Å². The van der Waals surface area contributed by atoms with E-state index in [2.05, 4.69) is 15.0 Å². The molecule has 1 saturated heterocycles. The number of nitrogen functional groups attached to an aromatic ring is 2. The predicted octanol–water partition coefficient (Wildman–Crippen LogP) is 5.17. The summed E-state index contributed by atoms with van der Waals surface area (Å²) in [5.41, 5.74) is 12.7. The van der Waals surface area contributed by atoms with Gasteiger partial charge in [-0.15, -0.1) is 11.3 Å². The van der Waals surface area contributed by atoms with Crippen molar-refractivity contribution in [1.82, 2.24) is 24.8 Å². The quantitative estimate of drug-likeness (QED) is 0.240. The highest BCUT2D eigenvalue weighted by molar-refractivity contribution is 7.23. The molecule has 0 aliphatic carbocycles. The van der Waals surface area contributed by atoms with Crippen molar-refractivity contribution >= 4 is 60.6 Å². The summed E-state index contributed by atoms with van der Waals surface area (Å²) in [6.07, 6.45) is 2.59. The molecule has 6 rings (SSSR count). The van der Waals surface area contributed by atoms with Crippen LogP contribution in [0.1, 0.15) is 24.2 Å². The fourth-order valence-electron chi connectivity index (χ4n) is 5.54. The Labute approximate surface area is 266 Å². The number of hydrogen-bond acceptors (Lipinski definition) is 12. The molecule has 1 aliphatic heterocycles. The lowest BCUT2D eigenvalue weighted by Gasteiger charge is -2.28. The number of rotatable bonds is 7. The molecule has 0 saturated carbocycles. The summed E-state index contributed by atoms with van der Waals surface area (Å²) < 4.78 is 43.7. The maximum atomic E-state index is 16.9. The van der Waals surface area contributed by atoms with Crippen LogP contribution in [0.5, 0.6) is 6.01 Å². The van der Waals surface area contributed by atoms with Crippen LogP contribution in [0.25, 0.3) is 32.1 Å². The predicted molar refractivity (Wildman–Crippen MR) is 170 cm³/mol. The average molecular weight is 652 g/mol. The highest BCUT2D eigenvalue weighted by atomic mass is 35.5. The Bertz CT molecular complexity index is 2000. The van der Waals surface area contributed by atoms with E-state index in [0.29, 0.717) is 24.7 Å². The number of nitriles is 1. The van der Waals surface area contributed by atoms with Gasteiger partial charge in [-0.1, -0.05) is 17.7 Å². The molecule has 3 aromatic heterocycles. The summed E-state index contributed by atoms with van der Waals surface area (Å²) >= 11 is 7.71. The van der Waals surface area contributed by atoms with Gasteiger partial charge in [0.2, 0.25) is 0 Å². The molecule has 15 heteroatoms. The molecule has 232 valence electrons. The largest absolute Gasteiger partial charge is 0.456 e. The molecule has 3 atom stereocenters. The topological polar surface area (TPSA) is 152 Å². The van der Waals surface area contributed by atoms with Crippen molar-refractivity contribution in [1.29, 1.82) is 5.26 Å². The summed E-state index contributed by atoms with van der Waals surface area (Å²) in [5.74, 6) is -0.863. The summed E-state index contributed by atoms with van der Waals surface area (Å²) in [6.45, 7) is 2.59. The van der Waals surface area contributed by atoms with Gasteiger partial charge in [0.1, 0.15) is 45.8 Å². The maximum Gasteiger partial charge on any atom is 0.319 e. The number of halogens is 3. The second-order valence-corrected chi connectivity index (χ2v) is 12.3. The second-order valence-electron chi connectivity index (χ2n) is 10.9. The third-order valence-corrected chi connectivity index (χ3v) is 9.35. The lowest BCUT2D eigenvalue weighted by atomic mass is 9.97. The fraction of sp³-hybridized carbons (Fsp3) is 0.300. The van der Waals surface area contributed by atoms with E-state index in [9.17, 15) is 9.65 Å². The molecule has 0 amide bonds. The fourth-order valence-corrected chi connectivity index (χ4v) is 6.78. The van der Waals surface area contributed by atoms with E-state index >= 15 is 4.39 Å². The number of aromatic nitrogens is 4. The van der Waals surface area contributed by atoms with Crippen LogP contribution in [0.4, 0.5) is 25.4 Å². The van der Waals surface area contributed by atoms with E-state index in [0.717, 1.165) is 11.3 Å². The Balaban J connectivity index is 1.59. The van der Waals surface area contributed by atoms with Crippen molar-refractivity contribution < 1.29 is 18.3 Å². The molecule has 5 aromatic rings. The van der Waals surface area contributed by atoms with Crippen molar-refractivity contribution in [3.05, 3.63) is 58.5 Å². The number of thiophene rings is 1. The van der Waals surface area contributed by atoms with Crippen molar-refractivity contribution in [2.45, 2.75) is 25.1 Å². The van der Waals surface area contributed by atoms with Crippen LogP contribution >= 0.6 is 22.9 Å². The van der Waals surface area contributed by atoms with E-state index < -0.39 is 23.8 Å². The molecule has 2 aromatic carbocycles. The molecular weight excluding hydrogens is 624 g/mol. The number of hydrogen-bond donors (Lipinski definition) is 2. The van der Waals surface area contributed by atoms with Crippen molar-refractivity contribution in [3.63, 3.8) is 0 Å². The molecule has 0 bridgehead atoms. The minimum absolute atomic E-state index is 0.00276.